The van der Waals surface area contributed by atoms with Crippen LogP contribution in [0.25, 0.3) is 0 Å². The van der Waals surface area contributed by atoms with Gasteiger partial charge in [-0.25, -0.2) is 9.79 Å². The van der Waals surface area contributed by atoms with Gasteiger partial charge in [0.2, 0.25) is 10.4 Å². The van der Waals surface area contributed by atoms with Gasteiger partial charge in [-0.3, -0.25) is 9.32 Å². The summed E-state index contributed by atoms with van der Waals surface area (Å²) in [6.45, 7) is 3.90. The van der Waals surface area contributed by atoms with E-state index in [0.29, 0.717) is 37.5 Å². The first kappa shape index (κ1) is 25.2. The summed E-state index contributed by atoms with van der Waals surface area (Å²) in [7, 11) is 0. The highest BCUT2D eigenvalue weighted by molar-refractivity contribution is 8.14. The lowest BCUT2D eigenvalue weighted by Gasteiger charge is -2.29. The number of nitrogens with zero attached hydrogens (tertiary/aromatic N) is 5. The first-order chi connectivity index (χ1) is 17.5. The number of piperazine rings is 1. The Labute approximate surface area is 213 Å². The molecule has 1 aliphatic rings. The van der Waals surface area contributed by atoms with Crippen LogP contribution in [0.2, 0.25) is 0 Å². The molecule has 1 saturated heterocycles. The summed E-state index contributed by atoms with van der Waals surface area (Å²) in [5, 5.41) is 18.2. The fourth-order valence-corrected chi connectivity index (χ4v) is 4.30. The van der Waals surface area contributed by atoms with Gasteiger partial charge < -0.3 is 14.7 Å². The number of hydrogen-bond acceptors (Lipinski definition) is 9. The Morgan fingerprint density at radius 2 is 1.78 bits per heavy atom. The van der Waals surface area contributed by atoms with E-state index in [1.54, 1.807) is 36.1 Å². The molecule has 0 bridgehead atoms. The minimum Gasteiger partial charge on any atom is -0.861 e. The van der Waals surface area contributed by atoms with Crippen LogP contribution in [0.15, 0.2) is 76.4 Å². The van der Waals surface area contributed by atoms with Gasteiger partial charge in [-0.15, -0.1) is 5.01 Å². The maximum atomic E-state index is 12.5. The normalized spacial score (nSPS) is 15.0. The van der Waals surface area contributed by atoms with E-state index in [4.69, 9.17) is 9.26 Å². The Bertz CT molecular complexity index is 1180. The van der Waals surface area contributed by atoms with E-state index in [1.165, 1.54) is 11.0 Å². The molecule has 0 spiro atoms. The zero-order valence-electron chi connectivity index (χ0n) is 19.9. The zero-order chi connectivity index (χ0) is 25.3. The number of aliphatic imine (C=N–C) groups is 1. The second-order valence-electron chi connectivity index (χ2n) is 8.26. The standard InChI is InChI=1S/C25H27N5O5S/c1-19(18-36-24(32)21-10-6-3-7-11-21)23(31)26-22-16-30(27-35-22)29-14-12-28(13-15-29)25(33)34-17-20-8-4-2-5-9-20/h2-11,16,19H,12-15,17-18H2,1H3/t19-/m1/s1. The molecular formula is C25H27N5O5S. The summed E-state index contributed by atoms with van der Waals surface area (Å²) >= 11 is 1.09. The molecule has 2 heterocycles. The van der Waals surface area contributed by atoms with Gasteiger partial charge in [-0.05, 0) is 17.4 Å². The van der Waals surface area contributed by atoms with E-state index in [1.807, 2.05) is 41.4 Å². The summed E-state index contributed by atoms with van der Waals surface area (Å²) in [5.74, 6) is -0.466. The van der Waals surface area contributed by atoms with Crippen LogP contribution in [0.5, 0.6) is 0 Å². The minimum atomic E-state index is -0.466. The Hall–Kier alpha value is -3.86. The predicted octanol–water partition coefficient (Wildman–Crippen LogP) is 2.15. The predicted molar refractivity (Wildman–Crippen MR) is 132 cm³/mol. The number of carbonyl (C=O) groups excluding carboxylic acids is 2. The molecule has 1 fully saturated rings. The highest BCUT2D eigenvalue weighted by Crippen LogP contribution is 2.17. The smallest absolute Gasteiger partial charge is 0.410 e. The molecule has 0 radical (unpaired) electrons. The molecule has 3 aromatic rings. The van der Waals surface area contributed by atoms with Crippen LogP contribution in [0.1, 0.15) is 22.8 Å². The molecule has 0 unspecified atom stereocenters. The number of amides is 1. The van der Waals surface area contributed by atoms with Crippen LogP contribution in [-0.2, 0) is 11.3 Å². The van der Waals surface area contributed by atoms with Gasteiger partial charge in [0.25, 0.3) is 6.20 Å². The maximum absolute atomic E-state index is 12.5. The van der Waals surface area contributed by atoms with Crippen molar-refractivity contribution in [2.24, 2.45) is 10.9 Å². The van der Waals surface area contributed by atoms with Crippen molar-refractivity contribution < 1.29 is 28.7 Å². The van der Waals surface area contributed by atoms with Crippen molar-refractivity contribution in [2.45, 2.75) is 13.5 Å². The van der Waals surface area contributed by atoms with E-state index in [-0.39, 0.29) is 23.7 Å². The van der Waals surface area contributed by atoms with Crippen molar-refractivity contribution in [2.75, 3.05) is 36.9 Å². The third-order valence-corrected chi connectivity index (χ3v) is 6.73. The van der Waals surface area contributed by atoms with E-state index in [2.05, 4.69) is 10.3 Å². The first-order valence-corrected chi connectivity index (χ1v) is 12.6. The number of thioether (sulfide) groups is 1. The van der Waals surface area contributed by atoms with Gasteiger partial charge in [0.1, 0.15) is 6.61 Å². The summed E-state index contributed by atoms with van der Waals surface area (Å²) in [5.41, 5.74) is 1.53. The van der Waals surface area contributed by atoms with Crippen molar-refractivity contribution in [3.05, 3.63) is 78.0 Å². The van der Waals surface area contributed by atoms with Gasteiger partial charge in [0.05, 0.1) is 17.9 Å². The molecule has 1 aliphatic heterocycles. The van der Waals surface area contributed by atoms with Crippen molar-refractivity contribution >= 4 is 34.8 Å². The summed E-state index contributed by atoms with van der Waals surface area (Å²) < 4.78 is 10.6. The Balaban J connectivity index is 1.23. The van der Waals surface area contributed by atoms with Crippen LogP contribution in [0, 0.1) is 5.92 Å². The Morgan fingerprint density at radius 1 is 1.11 bits per heavy atom. The SMILES string of the molecule is C[C@H](CSC(=O)c1ccccc1)C([O-])=Nc1c[n+](N2CCN(C(=O)OCc3ccccc3)CC2)no1. The van der Waals surface area contributed by atoms with Gasteiger partial charge in [0.15, 0.2) is 0 Å². The molecule has 0 saturated carbocycles. The van der Waals surface area contributed by atoms with Crippen molar-refractivity contribution in [1.82, 2.24) is 10.2 Å². The fourth-order valence-electron chi connectivity index (χ4n) is 3.45. The van der Waals surface area contributed by atoms with Crippen molar-refractivity contribution in [3.63, 3.8) is 0 Å². The molecule has 0 aliphatic carbocycles. The van der Waals surface area contributed by atoms with Crippen molar-refractivity contribution in [3.8, 4) is 0 Å². The maximum Gasteiger partial charge on any atom is 0.410 e. The van der Waals surface area contributed by atoms with E-state index in [0.717, 1.165) is 17.3 Å². The second kappa shape index (κ2) is 12.2. The van der Waals surface area contributed by atoms with Gasteiger partial charge in [-0.1, -0.05) is 79.3 Å². The number of benzene rings is 2. The first-order valence-electron chi connectivity index (χ1n) is 11.6. The summed E-state index contributed by atoms with van der Waals surface area (Å²) in [4.78, 5) is 31.7. The van der Waals surface area contributed by atoms with Gasteiger partial charge in [0, 0.05) is 24.4 Å². The topological polar surface area (TPSA) is 115 Å². The van der Waals surface area contributed by atoms with Crippen LogP contribution in [-0.4, -0.2) is 59.2 Å². The Morgan fingerprint density at radius 3 is 2.47 bits per heavy atom. The molecule has 11 heteroatoms. The average Bonchev–Trinajstić information content (AvgIpc) is 3.39. The fraction of sp³-hybridized carbons (Fsp3) is 0.320. The van der Waals surface area contributed by atoms with Crippen LogP contribution in [0.3, 0.4) is 0 Å². The number of hydrogen-bond donors (Lipinski definition) is 0. The highest BCUT2D eigenvalue weighted by atomic mass is 32.2. The molecule has 0 N–H and O–H groups in total. The quantitative estimate of drug-likeness (QED) is 0.258. The molecule has 10 nitrogen and oxygen atoms in total. The van der Waals surface area contributed by atoms with Gasteiger partial charge >= 0.3 is 12.0 Å². The summed E-state index contributed by atoms with van der Waals surface area (Å²) in [6.07, 6.45) is 1.17. The second-order valence-corrected chi connectivity index (χ2v) is 9.25. The summed E-state index contributed by atoms with van der Waals surface area (Å²) in [6, 6.07) is 18.5. The van der Waals surface area contributed by atoms with Crippen molar-refractivity contribution in [1.29, 1.82) is 0 Å². The van der Waals surface area contributed by atoms with Crippen LogP contribution in [0.4, 0.5) is 10.7 Å². The van der Waals surface area contributed by atoms with Gasteiger partial charge in [-0.2, -0.15) is 0 Å². The average molecular weight is 510 g/mol. The number of rotatable bonds is 8. The minimum absolute atomic E-state index is 0.0796. The molecule has 36 heavy (non-hydrogen) atoms. The lowest BCUT2D eigenvalue weighted by Crippen LogP contribution is -2.65. The molecule has 1 atom stereocenters. The Kier molecular flexibility index (Phi) is 8.56. The zero-order valence-corrected chi connectivity index (χ0v) is 20.7. The number of carbonyl (C=O) groups is 2. The molecule has 4 rings (SSSR count). The highest BCUT2D eigenvalue weighted by Gasteiger charge is 2.29. The van der Waals surface area contributed by atoms with E-state index >= 15 is 0 Å². The van der Waals surface area contributed by atoms with Crippen LogP contribution < -0.4 is 14.9 Å². The molecular weight excluding hydrogens is 482 g/mol. The molecule has 1 aromatic heterocycles. The number of aromatic nitrogens is 2. The third-order valence-electron chi connectivity index (χ3n) is 5.57. The molecule has 1 amide bonds. The lowest BCUT2D eigenvalue weighted by molar-refractivity contribution is -0.759. The van der Waals surface area contributed by atoms with Crippen LogP contribution >= 0.6 is 11.8 Å². The van der Waals surface area contributed by atoms with E-state index in [9.17, 15) is 14.7 Å². The lowest BCUT2D eigenvalue weighted by atomic mass is 10.2. The largest absolute Gasteiger partial charge is 0.861 e. The number of ether oxygens (including phenoxy) is 1. The molecule has 188 valence electrons. The van der Waals surface area contributed by atoms with E-state index < -0.39 is 11.8 Å². The monoisotopic (exact) mass is 509 g/mol. The molecule has 2 aromatic carbocycles. The third kappa shape index (κ3) is 6.85.